The van der Waals surface area contributed by atoms with E-state index in [-0.39, 0.29) is 5.91 Å². The number of halogens is 1. The van der Waals surface area contributed by atoms with Crippen LogP contribution in [0.3, 0.4) is 0 Å². The zero-order chi connectivity index (χ0) is 21.2. The van der Waals surface area contributed by atoms with E-state index in [1.165, 1.54) is 4.80 Å². The Morgan fingerprint density at radius 1 is 0.839 bits per heavy atom. The fraction of sp³-hybridized carbons (Fsp3) is 0.381. The maximum Gasteiger partial charge on any atom is 0.278 e. The smallest absolute Gasteiger partial charge is 0.278 e. The van der Waals surface area contributed by atoms with Crippen molar-refractivity contribution < 1.29 is 4.79 Å². The van der Waals surface area contributed by atoms with E-state index in [1.807, 2.05) is 23.1 Å². The molecule has 160 valence electrons. The second-order valence-corrected chi connectivity index (χ2v) is 8.10. The summed E-state index contributed by atoms with van der Waals surface area (Å²) in [4.78, 5) is 29.6. The van der Waals surface area contributed by atoms with E-state index in [4.69, 9.17) is 16.7 Å². The molecule has 2 aromatic heterocycles. The Morgan fingerprint density at radius 3 is 2.16 bits per heavy atom. The molecular weight excluding hydrogens is 416 g/mol. The standard InChI is InChI=1S/C21H23ClN8O/c22-16-4-6-17(7-5-16)30-25-18(20(31)28-10-1-2-11-28)19(26-30)27-12-14-29(15-13-27)21-23-8-3-9-24-21/h3-9H,1-2,10-15H2. The van der Waals surface area contributed by atoms with Crippen LogP contribution in [0.5, 0.6) is 0 Å². The van der Waals surface area contributed by atoms with E-state index in [9.17, 15) is 4.79 Å². The summed E-state index contributed by atoms with van der Waals surface area (Å²) < 4.78 is 0. The molecule has 4 heterocycles. The molecule has 0 unspecified atom stereocenters. The molecule has 0 atom stereocenters. The van der Waals surface area contributed by atoms with Gasteiger partial charge in [-0.3, -0.25) is 4.79 Å². The zero-order valence-electron chi connectivity index (χ0n) is 17.1. The minimum absolute atomic E-state index is 0.0541. The molecule has 2 aliphatic heterocycles. The molecule has 1 amide bonds. The fourth-order valence-corrected chi connectivity index (χ4v) is 4.11. The SMILES string of the molecule is O=C(c1nn(-c2ccc(Cl)cc2)nc1N1CCN(c2ncccn2)CC1)N1CCCC1. The Morgan fingerprint density at radius 2 is 1.48 bits per heavy atom. The van der Waals surface area contributed by atoms with E-state index >= 15 is 0 Å². The number of likely N-dealkylation sites (tertiary alicyclic amines) is 1. The lowest BCUT2D eigenvalue weighted by atomic mass is 10.3. The van der Waals surface area contributed by atoms with Crippen LogP contribution in [0.4, 0.5) is 11.8 Å². The number of piperazine rings is 1. The summed E-state index contributed by atoms with van der Waals surface area (Å²) in [6.45, 7) is 4.44. The van der Waals surface area contributed by atoms with Gasteiger partial charge in [0.2, 0.25) is 5.95 Å². The van der Waals surface area contributed by atoms with Crippen molar-refractivity contribution in [3.63, 3.8) is 0 Å². The molecule has 2 saturated heterocycles. The normalized spacial score (nSPS) is 16.7. The average molecular weight is 439 g/mol. The first-order chi connectivity index (χ1) is 15.2. The molecule has 0 spiro atoms. The number of hydrogen-bond acceptors (Lipinski definition) is 7. The fourth-order valence-electron chi connectivity index (χ4n) is 3.98. The quantitative estimate of drug-likeness (QED) is 0.617. The lowest BCUT2D eigenvalue weighted by Gasteiger charge is -2.34. The molecule has 0 aliphatic carbocycles. The van der Waals surface area contributed by atoms with Crippen LogP contribution >= 0.6 is 11.6 Å². The third-order valence-corrected chi connectivity index (χ3v) is 5.92. The zero-order valence-corrected chi connectivity index (χ0v) is 17.8. The first-order valence-electron chi connectivity index (χ1n) is 10.5. The van der Waals surface area contributed by atoms with Gasteiger partial charge in [0.15, 0.2) is 11.5 Å². The third kappa shape index (κ3) is 4.05. The highest BCUT2D eigenvalue weighted by Crippen LogP contribution is 2.24. The van der Waals surface area contributed by atoms with Crippen molar-refractivity contribution >= 4 is 29.3 Å². The van der Waals surface area contributed by atoms with E-state index in [0.29, 0.717) is 29.6 Å². The first kappa shape index (κ1) is 19.7. The number of carbonyl (C=O) groups is 1. The maximum atomic E-state index is 13.2. The Kier molecular flexibility index (Phi) is 5.42. The Balaban J connectivity index is 1.42. The Bertz CT molecular complexity index is 1040. The summed E-state index contributed by atoms with van der Waals surface area (Å²) in [5.41, 5.74) is 1.17. The largest absolute Gasteiger partial charge is 0.350 e. The second kappa shape index (κ2) is 8.50. The third-order valence-electron chi connectivity index (χ3n) is 5.66. The van der Waals surface area contributed by atoms with Gasteiger partial charge in [-0.25, -0.2) is 9.97 Å². The highest BCUT2D eigenvalue weighted by atomic mass is 35.5. The van der Waals surface area contributed by atoms with Crippen LogP contribution in [0.15, 0.2) is 42.7 Å². The van der Waals surface area contributed by atoms with Gasteiger partial charge in [0, 0.05) is 56.7 Å². The van der Waals surface area contributed by atoms with Crippen molar-refractivity contribution in [2.75, 3.05) is 49.1 Å². The maximum absolute atomic E-state index is 13.2. The van der Waals surface area contributed by atoms with Crippen molar-refractivity contribution in [3.05, 3.63) is 53.4 Å². The van der Waals surface area contributed by atoms with Gasteiger partial charge in [-0.2, -0.15) is 0 Å². The molecule has 10 heteroatoms. The van der Waals surface area contributed by atoms with Crippen LogP contribution in [0.1, 0.15) is 23.3 Å². The number of aromatic nitrogens is 5. The predicted molar refractivity (Wildman–Crippen MR) is 118 cm³/mol. The van der Waals surface area contributed by atoms with Crippen LogP contribution < -0.4 is 9.80 Å². The summed E-state index contributed by atoms with van der Waals surface area (Å²) in [5.74, 6) is 1.29. The molecule has 1 aromatic carbocycles. The van der Waals surface area contributed by atoms with Crippen molar-refractivity contribution in [3.8, 4) is 5.69 Å². The number of carbonyl (C=O) groups excluding carboxylic acids is 1. The Hall–Kier alpha value is -3.20. The lowest BCUT2D eigenvalue weighted by Crippen LogP contribution is -2.48. The Labute approximate surface area is 185 Å². The van der Waals surface area contributed by atoms with Crippen molar-refractivity contribution in [1.29, 1.82) is 0 Å². The molecular formula is C21H23ClN8O. The van der Waals surface area contributed by atoms with Crippen LogP contribution in [0.2, 0.25) is 5.02 Å². The highest BCUT2D eigenvalue weighted by Gasteiger charge is 2.31. The number of hydrogen-bond donors (Lipinski definition) is 0. The van der Waals surface area contributed by atoms with Crippen LogP contribution in [0.25, 0.3) is 5.69 Å². The average Bonchev–Trinajstić information content (AvgIpc) is 3.51. The van der Waals surface area contributed by atoms with Gasteiger partial charge in [-0.15, -0.1) is 15.0 Å². The summed E-state index contributed by atoms with van der Waals surface area (Å²) in [6.07, 6.45) is 5.56. The van der Waals surface area contributed by atoms with Crippen molar-refractivity contribution in [1.82, 2.24) is 29.9 Å². The summed E-state index contributed by atoms with van der Waals surface area (Å²) in [6, 6.07) is 9.09. The number of benzene rings is 1. The number of amides is 1. The topological polar surface area (TPSA) is 83.3 Å². The number of nitrogens with zero attached hydrogens (tertiary/aromatic N) is 8. The van der Waals surface area contributed by atoms with Crippen LogP contribution in [0, 0.1) is 0 Å². The van der Waals surface area contributed by atoms with Crippen molar-refractivity contribution in [2.24, 2.45) is 0 Å². The van der Waals surface area contributed by atoms with Crippen LogP contribution in [-0.4, -0.2) is 75.0 Å². The summed E-state index contributed by atoms with van der Waals surface area (Å²) in [5, 5.41) is 9.96. The minimum Gasteiger partial charge on any atom is -0.350 e. The number of rotatable bonds is 4. The molecule has 3 aromatic rings. The summed E-state index contributed by atoms with van der Waals surface area (Å²) >= 11 is 6.02. The van der Waals surface area contributed by atoms with E-state index in [2.05, 4.69) is 24.9 Å². The first-order valence-corrected chi connectivity index (χ1v) is 10.9. The highest BCUT2D eigenvalue weighted by molar-refractivity contribution is 6.30. The monoisotopic (exact) mass is 438 g/mol. The van der Waals surface area contributed by atoms with Crippen LogP contribution in [-0.2, 0) is 0 Å². The van der Waals surface area contributed by atoms with Gasteiger partial charge in [0.25, 0.3) is 5.91 Å². The van der Waals surface area contributed by atoms with Crippen molar-refractivity contribution in [2.45, 2.75) is 12.8 Å². The molecule has 2 aliphatic rings. The van der Waals surface area contributed by atoms with E-state index < -0.39 is 0 Å². The number of anilines is 2. The van der Waals surface area contributed by atoms with Gasteiger partial charge in [-0.1, -0.05) is 11.6 Å². The summed E-state index contributed by atoms with van der Waals surface area (Å²) in [7, 11) is 0. The van der Waals surface area contributed by atoms with Gasteiger partial charge < -0.3 is 14.7 Å². The molecule has 31 heavy (non-hydrogen) atoms. The molecule has 9 nitrogen and oxygen atoms in total. The molecule has 0 N–H and O–H groups in total. The van der Waals surface area contributed by atoms with Gasteiger partial charge >= 0.3 is 0 Å². The molecule has 0 radical (unpaired) electrons. The minimum atomic E-state index is -0.0541. The molecule has 5 rings (SSSR count). The van der Waals surface area contributed by atoms with E-state index in [1.54, 1.807) is 24.5 Å². The second-order valence-electron chi connectivity index (χ2n) is 7.66. The molecule has 0 saturated carbocycles. The van der Waals surface area contributed by atoms with Gasteiger partial charge in [0.1, 0.15) is 0 Å². The predicted octanol–water partition coefficient (Wildman–Crippen LogP) is 2.27. The molecule has 0 bridgehead atoms. The molecule has 2 fully saturated rings. The lowest BCUT2D eigenvalue weighted by molar-refractivity contribution is 0.0787. The van der Waals surface area contributed by atoms with Gasteiger partial charge in [-0.05, 0) is 43.2 Å². The van der Waals surface area contributed by atoms with Gasteiger partial charge in [0.05, 0.1) is 5.69 Å². The van der Waals surface area contributed by atoms with E-state index in [0.717, 1.165) is 50.7 Å².